The van der Waals surface area contributed by atoms with Gasteiger partial charge in [0.1, 0.15) is 17.8 Å². The number of nitrogens with one attached hydrogen (secondary N) is 1. The summed E-state index contributed by atoms with van der Waals surface area (Å²) < 4.78 is 0. The molecular weight excluding hydrogens is 448 g/mol. The molecule has 3 aromatic rings. The highest BCUT2D eigenvalue weighted by atomic mass is 35.5. The maximum atomic E-state index is 13.2. The van der Waals surface area contributed by atoms with E-state index in [1.54, 1.807) is 18.2 Å². The highest BCUT2D eigenvalue weighted by molar-refractivity contribution is 6.30. The number of hydrogen-bond donors (Lipinski definition) is 1. The number of pyridine rings is 1. The Labute approximate surface area is 202 Å². The van der Waals surface area contributed by atoms with Crippen LogP contribution in [-0.4, -0.2) is 46.3 Å². The fraction of sp³-hybridized carbons (Fsp3) is 0.222. The summed E-state index contributed by atoms with van der Waals surface area (Å²) in [4.78, 5) is 37.7. The average Bonchev–Trinajstić information content (AvgIpc) is 3.44. The van der Waals surface area contributed by atoms with Gasteiger partial charge in [-0.05, 0) is 42.7 Å². The van der Waals surface area contributed by atoms with E-state index in [4.69, 9.17) is 11.6 Å². The fourth-order valence-electron chi connectivity index (χ4n) is 5.36. The van der Waals surface area contributed by atoms with Gasteiger partial charge in [0.15, 0.2) is 11.1 Å². The number of halogens is 1. The average molecular weight is 470 g/mol. The van der Waals surface area contributed by atoms with Gasteiger partial charge in [-0.25, -0.2) is 4.98 Å². The molecule has 2 amide bonds. The monoisotopic (exact) mass is 469 g/mol. The second-order valence-electron chi connectivity index (χ2n) is 9.01. The standard InChI is InChI=1S/C27H22ClN4O2/c28-19-7-5-18(6-8-19)27(17-32-25(33)20-3-1-2-4-21(20)26(32)34)11-15-31(16-12-27)23-10-14-30-24-22(23)9-13-29-24/h1,3-10,13-14H,11-12,15-17H2,(H,29,30)/q+1. The second kappa shape index (κ2) is 7.94. The van der Waals surface area contributed by atoms with Crippen molar-refractivity contribution >= 4 is 40.1 Å². The maximum absolute atomic E-state index is 13.2. The maximum Gasteiger partial charge on any atom is 0.319 e. The molecule has 1 N–H and O–H groups in total. The minimum Gasteiger partial charge on any atom is -0.371 e. The largest absolute Gasteiger partial charge is 0.371 e. The molecule has 1 saturated heterocycles. The molecular formula is C27H22ClN4O2+. The molecule has 6 nitrogen and oxygen atoms in total. The van der Waals surface area contributed by atoms with Crippen molar-refractivity contribution in [2.45, 2.75) is 18.3 Å². The minimum absolute atomic E-state index is 0.229. The molecule has 1 aliphatic carbocycles. The van der Waals surface area contributed by atoms with Crippen LogP contribution in [-0.2, 0) is 15.0 Å². The van der Waals surface area contributed by atoms with Crippen molar-refractivity contribution in [3.05, 3.63) is 94.8 Å². The van der Waals surface area contributed by atoms with Crippen molar-refractivity contribution < 1.29 is 9.59 Å². The van der Waals surface area contributed by atoms with E-state index in [1.807, 2.05) is 42.7 Å². The van der Waals surface area contributed by atoms with Gasteiger partial charge >= 0.3 is 5.91 Å². The molecule has 1 aromatic carbocycles. The lowest BCUT2D eigenvalue weighted by Gasteiger charge is -2.44. The molecule has 6 rings (SSSR count). The number of aromatic nitrogens is 2. The van der Waals surface area contributed by atoms with Gasteiger partial charge in [-0.1, -0.05) is 23.7 Å². The number of piperidine rings is 1. The summed E-state index contributed by atoms with van der Waals surface area (Å²) in [5.74, 6) is -0.469. The van der Waals surface area contributed by atoms with Gasteiger partial charge < -0.3 is 9.88 Å². The van der Waals surface area contributed by atoms with Crippen LogP contribution in [0.1, 0.15) is 18.4 Å². The van der Waals surface area contributed by atoms with E-state index < -0.39 is 0 Å². The smallest absolute Gasteiger partial charge is 0.319 e. The first-order valence-electron chi connectivity index (χ1n) is 11.4. The molecule has 0 unspecified atom stereocenters. The van der Waals surface area contributed by atoms with Crippen LogP contribution in [0.5, 0.6) is 0 Å². The topological polar surface area (TPSA) is 69.3 Å². The molecule has 0 radical (unpaired) electrons. The number of hydrogen-bond acceptors (Lipinski definition) is 4. The van der Waals surface area contributed by atoms with Crippen LogP contribution >= 0.6 is 11.6 Å². The summed E-state index contributed by atoms with van der Waals surface area (Å²) in [6.07, 6.45) is 13.2. The lowest BCUT2D eigenvalue weighted by molar-refractivity contribution is -0.138. The summed E-state index contributed by atoms with van der Waals surface area (Å²) in [7, 11) is 0. The van der Waals surface area contributed by atoms with Gasteiger partial charge in [0.25, 0.3) is 5.91 Å². The first kappa shape index (κ1) is 20.8. The van der Waals surface area contributed by atoms with Crippen LogP contribution in [0.2, 0.25) is 5.02 Å². The van der Waals surface area contributed by atoms with Gasteiger partial charge in [0, 0.05) is 59.6 Å². The number of carbonyl (C=O) groups is 2. The molecule has 34 heavy (non-hydrogen) atoms. The van der Waals surface area contributed by atoms with Crippen molar-refractivity contribution in [2.75, 3.05) is 24.5 Å². The van der Waals surface area contributed by atoms with Gasteiger partial charge in [0.2, 0.25) is 0 Å². The summed E-state index contributed by atoms with van der Waals surface area (Å²) in [5.41, 5.74) is 3.65. The Morgan fingerprint density at radius 1 is 1.03 bits per heavy atom. The third kappa shape index (κ3) is 3.26. The van der Waals surface area contributed by atoms with Crippen molar-refractivity contribution in [1.29, 1.82) is 0 Å². The molecule has 7 heteroatoms. The van der Waals surface area contributed by atoms with E-state index in [0.29, 0.717) is 22.7 Å². The molecule has 0 saturated carbocycles. The van der Waals surface area contributed by atoms with E-state index in [1.165, 1.54) is 4.90 Å². The zero-order valence-corrected chi connectivity index (χ0v) is 19.2. The van der Waals surface area contributed by atoms with Crippen molar-refractivity contribution in [3.8, 4) is 0 Å². The Balaban J connectivity index is 1.32. The van der Waals surface area contributed by atoms with Crippen LogP contribution in [0.25, 0.3) is 11.0 Å². The molecule has 0 atom stereocenters. The van der Waals surface area contributed by atoms with Gasteiger partial charge in [-0.2, -0.15) is 0 Å². The van der Waals surface area contributed by atoms with Crippen LogP contribution in [0, 0.1) is 6.08 Å². The van der Waals surface area contributed by atoms with Crippen LogP contribution < -0.4 is 4.90 Å². The van der Waals surface area contributed by atoms with E-state index in [2.05, 4.69) is 27.0 Å². The minimum atomic E-state index is -0.359. The Hall–Kier alpha value is -3.73. The zero-order chi connectivity index (χ0) is 23.3. The van der Waals surface area contributed by atoms with Crippen molar-refractivity contribution in [2.24, 2.45) is 0 Å². The Bertz CT molecular complexity index is 1360. The number of aromatic amines is 1. The predicted octanol–water partition coefficient (Wildman–Crippen LogP) is 4.35. The van der Waals surface area contributed by atoms with E-state index >= 15 is 0 Å². The summed E-state index contributed by atoms with van der Waals surface area (Å²) >= 11 is 6.18. The SMILES string of the molecule is O=C1C2=C(C=C[C+]=C2)C(=O)N1CC1(c2ccc(Cl)cc2)CCN(c2ccnc3[nH]ccc23)CC1. The lowest BCUT2D eigenvalue weighted by atomic mass is 9.72. The number of carbonyl (C=O) groups excluding carboxylic acids is 2. The number of benzene rings is 1. The summed E-state index contributed by atoms with van der Waals surface area (Å²) in [6.45, 7) is 1.93. The Morgan fingerprint density at radius 3 is 2.56 bits per heavy atom. The zero-order valence-electron chi connectivity index (χ0n) is 18.4. The van der Waals surface area contributed by atoms with E-state index in [0.717, 1.165) is 48.2 Å². The van der Waals surface area contributed by atoms with Gasteiger partial charge in [-0.3, -0.25) is 14.5 Å². The molecule has 0 bridgehead atoms. The van der Waals surface area contributed by atoms with Crippen LogP contribution in [0.3, 0.4) is 0 Å². The number of nitrogens with zero attached hydrogens (tertiary/aromatic N) is 3. The van der Waals surface area contributed by atoms with Gasteiger partial charge in [0.05, 0.1) is 6.08 Å². The number of rotatable bonds is 4. The third-order valence-electron chi connectivity index (χ3n) is 7.23. The second-order valence-corrected chi connectivity index (χ2v) is 9.45. The Morgan fingerprint density at radius 2 is 1.79 bits per heavy atom. The fourth-order valence-corrected chi connectivity index (χ4v) is 5.49. The quantitative estimate of drug-likeness (QED) is 0.455. The highest BCUT2D eigenvalue weighted by Gasteiger charge is 2.48. The van der Waals surface area contributed by atoms with E-state index in [-0.39, 0.29) is 17.2 Å². The number of imide groups is 1. The predicted molar refractivity (Wildman–Crippen MR) is 131 cm³/mol. The molecule has 1 fully saturated rings. The third-order valence-corrected chi connectivity index (χ3v) is 7.48. The molecule has 0 spiro atoms. The number of anilines is 1. The summed E-state index contributed by atoms with van der Waals surface area (Å²) in [6, 6.07) is 11.9. The molecule has 4 heterocycles. The molecule has 2 aromatic heterocycles. The van der Waals surface area contributed by atoms with E-state index in [9.17, 15) is 9.59 Å². The number of amides is 2. The molecule has 168 valence electrons. The molecule has 2 aliphatic heterocycles. The Kier molecular flexibility index (Phi) is 4.87. The highest BCUT2D eigenvalue weighted by Crippen LogP contribution is 2.41. The van der Waals surface area contributed by atoms with Crippen LogP contribution in [0.15, 0.2) is 78.2 Å². The normalized spacial score (nSPS) is 19.2. The molecule has 3 aliphatic rings. The summed E-state index contributed by atoms with van der Waals surface area (Å²) in [5, 5.41) is 1.76. The van der Waals surface area contributed by atoms with Gasteiger partial charge in [-0.15, -0.1) is 0 Å². The first-order chi connectivity index (χ1) is 16.6. The van der Waals surface area contributed by atoms with Crippen molar-refractivity contribution in [3.63, 3.8) is 0 Å². The van der Waals surface area contributed by atoms with Crippen molar-refractivity contribution in [1.82, 2.24) is 14.9 Å². The first-order valence-corrected chi connectivity index (χ1v) is 11.7. The number of fused-ring (bicyclic) bond motifs is 1. The number of H-pyrrole nitrogens is 1. The van der Waals surface area contributed by atoms with Crippen LogP contribution in [0.4, 0.5) is 5.69 Å². The number of allylic oxidation sites excluding steroid dienone is 2. The lowest BCUT2D eigenvalue weighted by Crippen LogP contribution is -2.50.